The fourth-order valence-electron chi connectivity index (χ4n) is 0.621. The summed E-state index contributed by atoms with van der Waals surface area (Å²) in [6.45, 7) is 4.08. The zero-order valence-corrected chi connectivity index (χ0v) is 6.19. The lowest BCUT2D eigenvalue weighted by Gasteiger charge is -2.14. The first kappa shape index (κ1) is 8.48. The lowest BCUT2D eigenvalue weighted by atomic mass is 10.1. The van der Waals surface area contributed by atoms with Gasteiger partial charge in [0.25, 0.3) is 0 Å². The van der Waals surface area contributed by atoms with E-state index in [1.807, 2.05) is 6.92 Å². The van der Waals surface area contributed by atoms with Crippen molar-refractivity contribution in [2.75, 3.05) is 13.7 Å². The maximum Gasteiger partial charge on any atom is 0.0983 e. The van der Waals surface area contributed by atoms with Gasteiger partial charge in [-0.3, -0.25) is 0 Å². The molecule has 0 aliphatic carbocycles. The number of ether oxygens (including phenoxy) is 1. The lowest BCUT2D eigenvalue weighted by molar-refractivity contribution is 0.164. The second kappa shape index (κ2) is 3.49. The van der Waals surface area contributed by atoms with E-state index in [0.29, 0.717) is 6.61 Å². The van der Waals surface area contributed by atoms with Crippen LogP contribution in [-0.4, -0.2) is 19.3 Å². The van der Waals surface area contributed by atoms with Gasteiger partial charge in [-0.25, -0.2) is 0 Å². The zero-order valence-electron chi connectivity index (χ0n) is 6.19. The van der Waals surface area contributed by atoms with E-state index in [-0.39, 0.29) is 0 Å². The van der Waals surface area contributed by atoms with Crippen LogP contribution in [0.5, 0.6) is 0 Å². The molecule has 52 valence electrons. The number of methoxy groups -OCH3 is 1. The second-order valence-corrected chi connectivity index (χ2v) is 2.23. The maximum absolute atomic E-state index is 5.64. The van der Waals surface area contributed by atoms with Gasteiger partial charge >= 0.3 is 0 Å². The Hall–Kier alpha value is -0.520. The Bertz CT molecular complexity index is 130. The van der Waals surface area contributed by atoms with Crippen LogP contribution in [0.15, 0.2) is 0 Å². The summed E-state index contributed by atoms with van der Waals surface area (Å²) in [6.07, 6.45) is 0. The van der Waals surface area contributed by atoms with Gasteiger partial charge in [0.2, 0.25) is 0 Å². The summed E-state index contributed by atoms with van der Waals surface area (Å²) < 4.78 is 4.83. The Labute approximate surface area is 56.4 Å². The van der Waals surface area contributed by atoms with Gasteiger partial charge in [0.15, 0.2) is 0 Å². The second-order valence-electron chi connectivity index (χ2n) is 2.23. The molecule has 1 atom stereocenters. The van der Waals surface area contributed by atoms with E-state index < -0.39 is 5.54 Å². The van der Waals surface area contributed by atoms with E-state index in [1.54, 1.807) is 14.0 Å². The quantitative estimate of drug-likeness (QED) is 0.544. The SMILES string of the molecule is CC#CC(C)(N)COC. The summed E-state index contributed by atoms with van der Waals surface area (Å²) in [5.41, 5.74) is 5.16. The summed E-state index contributed by atoms with van der Waals surface area (Å²) >= 11 is 0. The van der Waals surface area contributed by atoms with Crippen LogP contribution in [0.1, 0.15) is 13.8 Å². The summed E-state index contributed by atoms with van der Waals surface area (Å²) in [4.78, 5) is 0. The Morgan fingerprint density at radius 1 is 1.67 bits per heavy atom. The van der Waals surface area contributed by atoms with Crippen molar-refractivity contribution >= 4 is 0 Å². The molecule has 2 N–H and O–H groups in total. The van der Waals surface area contributed by atoms with Crippen molar-refractivity contribution in [3.05, 3.63) is 0 Å². The highest BCUT2D eigenvalue weighted by molar-refractivity contribution is 5.13. The van der Waals surface area contributed by atoms with Crippen LogP contribution < -0.4 is 5.73 Å². The van der Waals surface area contributed by atoms with Crippen LogP contribution in [0.25, 0.3) is 0 Å². The van der Waals surface area contributed by atoms with Crippen molar-refractivity contribution in [2.24, 2.45) is 5.73 Å². The van der Waals surface area contributed by atoms with Gasteiger partial charge in [-0.1, -0.05) is 5.92 Å². The van der Waals surface area contributed by atoms with E-state index in [2.05, 4.69) is 11.8 Å². The molecule has 1 unspecified atom stereocenters. The summed E-state index contributed by atoms with van der Waals surface area (Å²) in [6, 6.07) is 0. The third kappa shape index (κ3) is 4.01. The standard InChI is InChI=1S/C7H13NO/c1-4-5-7(2,8)6-9-3/h6,8H2,1-3H3. The normalized spacial score (nSPS) is 15.6. The highest BCUT2D eigenvalue weighted by Crippen LogP contribution is 1.95. The molecule has 0 aromatic heterocycles. The molecule has 0 saturated heterocycles. The molecule has 2 nitrogen and oxygen atoms in total. The number of hydrogen-bond donors (Lipinski definition) is 1. The predicted molar refractivity (Wildman–Crippen MR) is 37.9 cm³/mol. The predicted octanol–water partition coefficient (Wildman–Crippen LogP) is 0.374. The monoisotopic (exact) mass is 127 g/mol. The van der Waals surface area contributed by atoms with Crippen LogP contribution in [0.4, 0.5) is 0 Å². The molecule has 0 spiro atoms. The van der Waals surface area contributed by atoms with Crippen LogP contribution in [-0.2, 0) is 4.74 Å². The highest BCUT2D eigenvalue weighted by Gasteiger charge is 2.12. The van der Waals surface area contributed by atoms with Gasteiger partial charge in [0, 0.05) is 7.11 Å². The van der Waals surface area contributed by atoms with Gasteiger partial charge in [-0.05, 0) is 13.8 Å². The minimum Gasteiger partial charge on any atom is -0.382 e. The van der Waals surface area contributed by atoms with Gasteiger partial charge in [-0.2, -0.15) is 0 Å². The smallest absolute Gasteiger partial charge is 0.0983 e. The van der Waals surface area contributed by atoms with Crippen LogP contribution in [0.2, 0.25) is 0 Å². The maximum atomic E-state index is 5.64. The summed E-state index contributed by atoms with van der Waals surface area (Å²) in [5, 5.41) is 0. The molecule has 0 fully saturated rings. The van der Waals surface area contributed by atoms with Crippen molar-refractivity contribution in [3.8, 4) is 11.8 Å². The number of hydrogen-bond acceptors (Lipinski definition) is 2. The Kier molecular flexibility index (Phi) is 3.29. The first-order chi connectivity index (χ1) is 4.12. The molecule has 0 heterocycles. The van der Waals surface area contributed by atoms with Gasteiger partial charge < -0.3 is 10.5 Å². The molecule has 0 rings (SSSR count). The fourth-order valence-corrected chi connectivity index (χ4v) is 0.621. The van der Waals surface area contributed by atoms with Crippen molar-refractivity contribution in [3.63, 3.8) is 0 Å². The van der Waals surface area contributed by atoms with Gasteiger partial charge in [0.1, 0.15) is 0 Å². The van der Waals surface area contributed by atoms with Crippen LogP contribution in [0, 0.1) is 11.8 Å². The average molecular weight is 127 g/mol. The van der Waals surface area contributed by atoms with Crippen molar-refractivity contribution in [1.82, 2.24) is 0 Å². The lowest BCUT2D eigenvalue weighted by Crippen LogP contribution is -2.39. The molecule has 0 aliphatic rings. The minimum atomic E-state index is -0.483. The van der Waals surface area contributed by atoms with Crippen LogP contribution in [0.3, 0.4) is 0 Å². The van der Waals surface area contributed by atoms with Crippen LogP contribution >= 0.6 is 0 Å². The molecule has 0 aromatic rings. The zero-order chi connectivity index (χ0) is 7.33. The Morgan fingerprint density at radius 3 is 2.56 bits per heavy atom. The van der Waals surface area contributed by atoms with E-state index in [0.717, 1.165) is 0 Å². The summed E-state index contributed by atoms with van der Waals surface area (Å²) in [5.74, 6) is 5.56. The Morgan fingerprint density at radius 2 is 2.22 bits per heavy atom. The molecule has 2 heteroatoms. The minimum absolute atomic E-state index is 0.480. The topological polar surface area (TPSA) is 35.2 Å². The molecule has 0 aliphatic heterocycles. The third-order valence-electron chi connectivity index (χ3n) is 0.855. The molecule has 0 amide bonds. The van der Waals surface area contributed by atoms with Gasteiger partial charge in [0.05, 0.1) is 12.1 Å². The van der Waals surface area contributed by atoms with E-state index in [1.165, 1.54) is 0 Å². The first-order valence-electron chi connectivity index (χ1n) is 2.84. The fraction of sp³-hybridized carbons (Fsp3) is 0.714. The first-order valence-corrected chi connectivity index (χ1v) is 2.84. The number of rotatable bonds is 2. The summed E-state index contributed by atoms with van der Waals surface area (Å²) in [7, 11) is 1.61. The van der Waals surface area contributed by atoms with Crippen molar-refractivity contribution in [1.29, 1.82) is 0 Å². The largest absolute Gasteiger partial charge is 0.382 e. The molecule has 9 heavy (non-hydrogen) atoms. The highest BCUT2D eigenvalue weighted by atomic mass is 16.5. The number of nitrogens with two attached hydrogens (primary N) is 1. The average Bonchev–Trinajstić information content (AvgIpc) is 1.64. The van der Waals surface area contributed by atoms with E-state index in [9.17, 15) is 0 Å². The molecule has 0 radical (unpaired) electrons. The third-order valence-corrected chi connectivity index (χ3v) is 0.855. The van der Waals surface area contributed by atoms with Crippen molar-refractivity contribution in [2.45, 2.75) is 19.4 Å². The Balaban J connectivity index is 3.80. The molecular formula is C7H13NO. The molecule has 0 saturated carbocycles. The van der Waals surface area contributed by atoms with E-state index in [4.69, 9.17) is 10.5 Å². The van der Waals surface area contributed by atoms with E-state index >= 15 is 0 Å². The molecular weight excluding hydrogens is 114 g/mol. The van der Waals surface area contributed by atoms with Crippen molar-refractivity contribution < 1.29 is 4.74 Å². The van der Waals surface area contributed by atoms with Gasteiger partial charge in [-0.15, -0.1) is 5.92 Å². The molecule has 0 aromatic carbocycles. The molecule has 0 bridgehead atoms.